The van der Waals surface area contributed by atoms with Gasteiger partial charge in [0.2, 0.25) is 5.91 Å². The van der Waals surface area contributed by atoms with Gasteiger partial charge in [-0.25, -0.2) is 0 Å². The molecule has 0 bridgehead atoms. The van der Waals surface area contributed by atoms with Crippen molar-refractivity contribution in [3.8, 4) is 0 Å². The SMILES string of the molecule is C[C@@H](CO)NC(=O)C1(CN)CCOCC1. The van der Waals surface area contributed by atoms with Crippen molar-refractivity contribution in [1.82, 2.24) is 5.32 Å². The summed E-state index contributed by atoms with van der Waals surface area (Å²) in [6.07, 6.45) is 1.32. The number of carbonyl (C=O) groups excluding carboxylic acids is 1. The van der Waals surface area contributed by atoms with E-state index >= 15 is 0 Å². The molecule has 0 aromatic carbocycles. The Balaban J connectivity index is 2.59. The minimum absolute atomic E-state index is 0.0527. The Morgan fingerprint density at radius 1 is 1.60 bits per heavy atom. The largest absolute Gasteiger partial charge is 0.394 e. The molecule has 1 amide bonds. The third kappa shape index (κ3) is 2.90. The highest BCUT2D eigenvalue weighted by Crippen LogP contribution is 2.29. The van der Waals surface area contributed by atoms with Crippen LogP contribution < -0.4 is 11.1 Å². The summed E-state index contributed by atoms with van der Waals surface area (Å²) in [5.41, 5.74) is 5.18. The van der Waals surface area contributed by atoms with Crippen LogP contribution in [-0.2, 0) is 9.53 Å². The smallest absolute Gasteiger partial charge is 0.227 e. The van der Waals surface area contributed by atoms with Gasteiger partial charge in [0, 0.05) is 25.8 Å². The summed E-state index contributed by atoms with van der Waals surface area (Å²) >= 11 is 0. The van der Waals surface area contributed by atoms with Crippen molar-refractivity contribution in [1.29, 1.82) is 0 Å². The highest BCUT2D eigenvalue weighted by molar-refractivity contribution is 5.83. The second kappa shape index (κ2) is 5.44. The molecule has 0 saturated carbocycles. The molecule has 0 aromatic heterocycles. The topological polar surface area (TPSA) is 84.6 Å². The van der Waals surface area contributed by atoms with Gasteiger partial charge in [0.25, 0.3) is 0 Å². The van der Waals surface area contributed by atoms with E-state index in [9.17, 15) is 4.79 Å². The van der Waals surface area contributed by atoms with Crippen LogP contribution >= 0.6 is 0 Å². The molecule has 1 saturated heterocycles. The molecule has 1 aliphatic heterocycles. The highest BCUT2D eigenvalue weighted by Gasteiger charge is 2.38. The molecule has 5 nitrogen and oxygen atoms in total. The lowest BCUT2D eigenvalue weighted by molar-refractivity contribution is -0.136. The first-order chi connectivity index (χ1) is 7.14. The van der Waals surface area contributed by atoms with Crippen molar-refractivity contribution < 1.29 is 14.6 Å². The number of ether oxygens (including phenoxy) is 1. The van der Waals surface area contributed by atoms with E-state index in [2.05, 4.69) is 5.32 Å². The van der Waals surface area contributed by atoms with Gasteiger partial charge in [-0.1, -0.05) is 0 Å². The summed E-state index contributed by atoms with van der Waals surface area (Å²) < 4.78 is 5.22. The Hall–Kier alpha value is -0.650. The van der Waals surface area contributed by atoms with Crippen molar-refractivity contribution in [3.05, 3.63) is 0 Å². The van der Waals surface area contributed by atoms with Gasteiger partial charge in [-0.3, -0.25) is 4.79 Å². The number of hydrogen-bond acceptors (Lipinski definition) is 4. The molecule has 15 heavy (non-hydrogen) atoms. The fraction of sp³-hybridized carbons (Fsp3) is 0.900. The third-order valence-corrected chi connectivity index (χ3v) is 2.97. The molecule has 0 spiro atoms. The van der Waals surface area contributed by atoms with E-state index in [1.807, 2.05) is 0 Å². The van der Waals surface area contributed by atoms with E-state index in [0.29, 0.717) is 32.6 Å². The lowest BCUT2D eigenvalue weighted by atomic mass is 9.79. The van der Waals surface area contributed by atoms with Crippen LogP contribution in [-0.4, -0.2) is 43.4 Å². The molecule has 88 valence electrons. The predicted molar refractivity (Wildman–Crippen MR) is 56.2 cm³/mol. The van der Waals surface area contributed by atoms with Crippen LogP contribution in [0.15, 0.2) is 0 Å². The average Bonchev–Trinajstić information content (AvgIpc) is 2.29. The molecule has 0 radical (unpaired) electrons. The summed E-state index contributed by atoms with van der Waals surface area (Å²) in [6.45, 7) is 3.21. The molecule has 5 heteroatoms. The molecule has 1 fully saturated rings. The van der Waals surface area contributed by atoms with Gasteiger partial charge >= 0.3 is 0 Å². The second-order valence-corrected chi connectivity index (χ2v) is 4.15. The number of nitrogens with two attached hydrogens (primary N) is 1. The van der Waals surface area contributed by atoms with Gasteiger partial charge in [-0.2, -0.15) is 0 Å². The van der Waals surface area contributed by atoms with Crippen LogP contribution in [0.4, 0.5) is 0 Å². The van der Waals surface area contributed by atoms with Gasteiger partial charge < -0.3 is 20.9 Å². The fourth-order valence-corrected chi connectivity index (χ4v) is 1.71. The number of aliphatic hydroxyl groups excluding tert-OH is 1. The number of nitrogens with one attached hydrogen (secondary N) is 1. The van der Waals surface area contributed by atoms with Crippen LogP contribution in [0.1, 0.15) is 19.8 Å². The average molecular weight is 216 g/mol. The van der Waals surface area contributed by atoms with Crippen LogP contribution in [0, 0.1) is 5.41 Å². The van der Waals surface area contributed by atoms with Crippen LogP contribution in [0.5, 0.6) is 0 Å². The third-order valence-electron chi connectivity index (χ3n) is 2.97. The molecular weight excluding hydrogens is 196 g/mol. The van der Waals surface area contributed by atoms with Gasteiger partial charge in [-0.15, -0.1) is 0 Å². The minimum Gasteiger partial charge on any atom is -0.394 e. The molecule has 0 unspecified atom stereocenters. The summed E-state index contributed by atoms with van der Waals surface area (Å²) in [6, 6.07) is -0.219. The molecular formula is C10H20N2O3. The van der Waals surface area contributed by atoms with Crippen LogP contribution in [0.25, 0.3) is 0 Å². The Kier molecular flexibility index (Phi) is 4.50. The molecule has 1 atom stereocenters. The van der Waals surface area contributed by atoms with Crippen LogP contribution in [0.3, 0.4) is 0 Å². The maximum Gasteiger partial charge on any atom is 0.227 e. The molecule has 1 rings (SSSR count). The zero-order valence-electron chi connectivity index (χ0n) is 9.16. The first-order valence-electron chi connectivity index (χ1n) is 5.34. The lowest BCUT2D eigenvalue weighted by Gasteiger charge is -2.35. The van der Waals surface area contributed by atoms with E-state index in [4.69, 9.17) is 15.6 Å². The predicted octanol–water partition coefficient (Wildman–Crippen LogP) is -0.761. The van der Waals surface area contributed by atoms with E-state index in [0.717, 1.165) is 0 Å². The summed E-state index contributed by atoms with van der Waals surface area (Å²) in [4.78, 5) is 12.0. The standard InChI is InChI=1S/C10H20N2O3/c1-8(6-13)12-9(14)10(7-11)2-4-15-5-3-10/h8,13H,2-7,11H2,1H3,(H,12,14)/t8-/m0/s1. The number of carbonyl (C=O) groups is 1. The summed E-state index contributed by atoms with van der Waals surface area (Å²) in [7, 11) is 0. The van der Waals surface area contributed by atoms with Gasteiger partial charge in [0.05, 0.1) is 12.0 Å². The van der Waals surface area contributed by atoms with Crippen molar-refractivity contribution in [2.45, 2.75) is 25.8 Å². The second-order valence-electron chi connectivity index (χ2n) is 4.15. The van der Waals surface area contributed by atoms with E-state index < -0.39 is 5.41 Å². The Bertz CT molecular complexity index is 215. The molecule has 1 aliphatic rings. The van der Waals surface area contributed by atoms with E-state index in [-0.39, 0.29) is 18.6 Å². The van der Waals surface area contributed by atoms with Crippen molar-refractivity contribution in [2.75, 3.05) is 26.4 Å². The molecule has 1 heterocycles. The Morgan fingerprint density at radius 2 is 2.20 bits per heavy atom. The number of aliphatic hydroxyl groups is 1. The fourth-order valence-electron chi connectivity index (χ4n) is 1.71. The number of amides is 1. The monoisotopic (exact) mass is 216 g/mol. The molecule has 0 aliphatic carbocycles. The van der Waals surface area contributed by atoms with E-state index in [1.165, 1.54) is 0 Å². The number of hydrogen-bond donors (Lipinski definition) is 3. The van der Waals surface area contributed by atoms with Crippen molar-refractivity contribution in [3.63, 3.8) is 0 Å². The van der Waals surface area contributed by atoms with E-state index in [1.54, 1.807) is 6.92 Å². The zero-order chi connectivity index (χ0) is 11.3. The summed E-state index contributed by atoms with van der Waals surface area (Å²) in [5, 5.41) is 11.6. The molecule has 4 N–H and O–H groups in total. The normalized spacial score (nSPS) is 22.1. The minimum atomic E-state index is -0.498. The van der Waals surface area contributed by atoms with Gasteiger partial charge in [0.15, 0.2) is 0 Å². The maximum atomic E-state index is 12.0. The first-order valence-corrected chi connectivity index (χ1v) is 5.34. The van der Waals surface area contributed by atoms with Crippen molar-refractivity contribution in [2.24, 2.45) is 11.1 Å². The first kappa shape index (κ1) is 12.4. The van der Waals surface area contributed by atoms with Gasteiger partial charge in [-0.05, 0) is 19.8 Å². The summed E-state index contributed by atoms with van der Waals surface area (Å²) in [5.74, 6) is -0.0603. The zero-order valence-corrected chi connectivity index (χ0v) is 9.16. The van der Waals surface area contributed by atoms with Crippen molar-refractivity contribution >= 4 is 5.91 Å². The van der Waals surface area contributed by atoms with Crippen LogP contribution in [0.2, 0.25) is 0 Å². The maximum absolute atomic E-state index is 12.0. The Morgan fingerprint density at radius 3 is 2.67 bits per heavy atom. The number of rotatable bonds is 4. The quantitative estimate of drug-likeness (QED) is 0.576. The van der Waals surface area contributed by atoms with Gasteiger partial charge in [0.1, 0.15) is 0 Å². The Labute approximate surface area is 90.0 Å². The highest BCUT2D eigenvalue weighted by atomic mass is 16.5. The lowest BCUT2D eigenvalue weighted by Crippen LogP contribution is -2.51. The molecule has 0 aromatic rings.